The molecule has 1 aromatic carbocycles. The van der Waals surface area contributed by atoms with Crippen molar-refractivity contribution < 1.29 is 23.5 Å². The molecule has 1 aliphatic carbocycles. The Balaban J connectivity index is 1.83. The molecule has 0 saturated carbocycles. The van der Waals surface area contributed by atoms with E-state index < -0.39 is 5.97 Å². The topological polar surface area (TPSA) is 52.6 Å². The second kappa shape index (κ2) is 5.75. The molecule has 0 bridgehead atoms. The van der Waals surface area contributed by atoms with Gasteiger partial charge in [0, 0.05) is 23.0 Å². The van der Waals surface area contributed by atoms with Crippen molar-refractivity contribution in [1.29, 1.82) is 0 Å². The zero-order valence-corrected chi connectivity index (χ0v) is 12.0. The highest BCUT2D eigenvalue weighted by atomic mass is 19.1. The van der Waals surface area contributed by atoms with E-state index in [0.29, 0.717) is 29.7 Å². The summed E-state index contributed by atoms with van der Waals surface area (Å²) in [5.41, 5.74) is 1.51. The number of Topliss-reactive ketones (excluding diaryl/α,β-unsaturated/α-hetero) is 1. The first-order valence-corrected chi connectivity index (χ1v) is 7.02. The average molecular weight is 302 g/mol. The molecule has 5 heteroatoms. The average Bonchev–Trinajstić information content (AvgIpc) is 2.98. The third-order valence-electron chi connectivity index (χ3n) is 4.15. The SMILES string of the molecule is COC(=O)C1=COCC2C(C(=O)c3ccc(F)cc3)=CCC12. The van der Waals surface area contributed by atoms with E-state index in [-0.39, 0.29) is 23.4 Å². The van der Waals surface area contributed by atoms with E-state index >= 15 is 0 Å². The van der Waals surface area contributed by atoms with Gasteiger partial charge in [0.1, 0.15) is 5.82 Å². The maximum Gasteiger partial charge on any atom is 0.337 e. The largest absolute Gasteiger partial charge is 0.500 e. The summed E-state index contributed by atoms with van der Waals surface area (Å²) in [6.07, 6.45) is 3.86. The Morgan fingerprint density at radius 2 is 1.91 bits per heavy atom. The molecule has 1 aromatic rings. The molecule has 3 rings (SSSR count). The maximum atomic E-state index is 13.0. The number of fused-ring (bicyclic) bond motifs is 1. The highest BCUT2D eigenvalue weighted by Crippen LogP contribution is 2.41. The van der Waals surface area contributed by atoms with E-state index in [9.17, 15) is 14.0 Å². The van der Waals surface area contributed by atoms with Crippen LogP contribution < -0.4 is 0 Å². The second-order valence-electron chi connectivity index (χ2n) is 5.34. The molecule has 0 radical (unpaired) electrons. The maximum absolute atomic E-state index is 13.0. The summed E-state index contributed by atoms with van der Waals surface area (Å²) < 4.78 is 23.1. The molecule has 0 aromatic heterocycles. The van der Waals surface area contributed by atoms with Crippen LogP contribution in [-0.4, -0.2) is 25.5 Å². The molecule has 4 nitrogen and oxygen atoms in total. The summed E-state index contributed by atoms with van der Waals surface area (Å²) in [5.74, 6) is -1.23. The van der Waals surface area contributed by atoms with Gasteiger partial charge in [0.2, 0.25) is 0 Å². The van der Waals surface area contributed by atoms with Crippen molar-refractivity contribution in [2.75, 3.05) is 13.7 Å². The van der Waals surface area contributed by atoms with Crippen LogP contribution in [-0.2, 0) is 14.3 Å². The lowest BCUT2D eigenvalue weighted by Gasteiger charge is -2.27. The van der Waals surface area contributed by atoms with Crippen molar-refractivity contribution in [2.45, 2.75) is 6.42 Å². The smallest absolute Gasteiger partial charge is 0.337 e. The number of ketones is 1. The fourth-order valence-corrected chi connectivity index (χ4v) is 3.01. The minimum Gasteiger partial charge on any atom is -0.500 e. The molecule has 1 aliphatic heterocycles. The van der Waals surface area contributed by atoms with Crippen molar-refractivity contribution in [3.8, 4) is 0 Å². The number of rotatable bonds is 3. The molecule has 22 heavy (non-hydrogen) atoms. The fourth-order valence-electron chi connectivity index (χ4n) is 3.01. The first kappa shape index (κ1) is 14.5. The number of hydrogen-bond acceptors (Lipinski definition) is 4. The Labute approximate surface area is 127 Å². The van der Waals surface area contributed by atoms with Crippen molar-refractivity contribution in [3.05, 3.63) is 59.1 Å². The molecule has 0 N–H and O–H groups in total. The van der Waals surface area contributed by atoms with Crippen LogP contribution in [0.5, 0.6) is 0 Å². The molecular weight excluding hydrogens is 287 g/mol. The van der Waals surface area contributed by atoms with Crippen LogP contribution in [0.15, 0.2) is 47.7 Å². The Morgan fingerprint density at radius 1 is 1.18 bits per heavy atom. The quantitative estimate of drug-likeness (QED) is 0.636. The van der Waals surface area contributed by atoms with Gasteiger partial charge in [-0.15, -0.1) is 0 Å². The lowest BCUT2D eigenvalue weighted by molar-refractivity contribution is -0.137. The molecule has 1 heterocycles. The van der Waals surface area contributed by atoms with Crippen molar-refractivity contribution in [2.24, 2.45) is 11.8 Å². The van der Waals surface area contributed by atoms with Crippen LogP contribution in [0, 0.1) is 17.7 Å². The summed E-state index contributed by atoms with van der Waals surface area (Å²) >= 11 is 0. The Hall–Kier alpha value is -2.43. The summed E-state index contributed by atoms with van der Waals surface area (Å²) in [5, 5.41) is 0. The van der Waals surface area contributed by atoms with Crippen LogP contribution in [0.3, 0.4) is 0 Å². The molecule has 0 fully saturated rings. The lowest BCUT2D eigenvalue weighted by Crippen LogP contribution is -2.29. The van der Waals surface area contributed by atoms with Crippen LogP contribution in [0.1, 0.15) is 16.8 Å². The Bertz CT molecular complexity index is 672. The van der Waals surface area contributed by atoms with Crippen molar-refractivity contribution in [3.63, 3.8) is 0 Å². The zero-order chi connectivity index (χ0) is 15.7. The highest BCUT2D eigenvalue weighted by molar-refractivity contribution is 6.09. The molecule has 0 saturated heterocycles. The first-order chi connectivity index (χ1) is 10.6. The van der Waals surface area contributed by atoms with Crippen LogP contribution >= 0.6 is 0 Å². The molecule has 2 aliphatic rings. The van der Waals surface area contributed by atoms with Gasteiger partial charge in [-0.05, 0) is 30.7 Å². The van der Waals surface area contributed by atoms with Gasteiger partial charge in [-0.2, -0.15) is 0 Å². The van der Waals surface area contributed by atoms with Gasteiger partial charge in [0.25, 0.3) is 0 Å². The van der Waals surface area contributed by atoms with Gasteiger partial charge in [-0.25, -0.2) is 9.18 Å². The van der Waals surface area contributed by atoms with Gasteiger partial charge < -0.3 is 9.47 Å². The first-order valence-electron chi connectivity index (χ1n) is 7.02. The fraction of sp³-hybridized carbons (Fsp3) is 0.294. The summed E-state index contributed by atoms with van der Waals surface area (Å²) in [4.78, 5) is 24.4. The molecular formula is C17H15FO4. The molecule has 0 amide bonds. The van der Waals surface area contributed by atoms with Gasteiger partial charge in [-0.3, -0.25) is 4.79 Å². The molecule has 0 spiro atoms. The van der Waals surface area contributed by atoms with Crippen molar-refractivity contribution >= 4 is 11.8 Å². The number of carbonyl (C=O) groups excluding carboxylic acids is 2. The number of benzene rings is 1. The minimum absolute atomic E-state index is 0.0967. The van der Waals surface area contributed by atoms with E-state index in [1.54, 1.807) is 0 Å². The summed E-state index contributed by atoms with van der Waals surface area (Å²) in [7, 11) is 1.32. The van der Waals surface area contributed by atoms with Gasteiger partial charge in [0.05, 0.1) is 25.6 Å². The Kier molecular flexibility index (Phi) is 3.79. The number of allylic oxidation sites excluding steroid dienone is 1. The van der Waals surface area contributed by atoms with Gasteiger partial charge >= 0.3 is 5.97 Å². The predicted molar refractivity (Wildman–Crippen MR) is 76.5 cm³/mol. The number of carbonyl (C=O) groups is 2. The number of esters is 1. The van der Waals surface area contributed by atoms with Crippen LogP contribution in [0.25, 0.3) is 0 Å². The third-order valence-corrected chi connectivity index (χ3v) is 4.15. The molecule has 2 unspecified atom stereocenters. The van der Waals surface area contributed by atoms with E-state index in [4.69, 9.17) is 9.47 Å². The van der Waals surface area contributed by atoms with Gasteiger partial charge in [-0.1, -0.05) is 6.08 Å². The predicted octanol–water partition coefficient (Wildman–Crippen LogP) is 2.66. The summed E-state index contributed by atoms with van der Waals surface area (Å²) in [6, 6.07) is 5.45. The Morgan fingerprint density at radius 3 is 2.59 bits per heavy atom. The normalized spacial score (nSPS) is 23.0. The third kappa shape index (κ3) is 2.43. The summed E-state index contributed by atoms with van der Waals surface area (Å²) in [6.45, 7) is 0.351. The van der Waals surface area contributed by atoms with Gasteiger partial charge in [0.15, 0.2) is 5.78 Å². The van der Waals surface area contributed by atoms with E-state index in [0.717, 1.165) is 0 Å². The monoisotopic (exact) mass is 302 g/mol. The number of methoxy groups -OCH3 is 1. The highest BCUT2D eigenvalue weighted by Gasteiger charge is 2.40. The molecule has 114 valence electrons. The second-order valence-corrected chi connectivity index (χ2v) is 5.34. The van der Waals surface area contributed by atoms with E-state index in [1.165, 1.54) is 37.6 Å². The lowest BCUT2D eigenvalue weighted by atomic mass is 9.82. The zero-order valence-electron chi connectivity index (χ0n) is 12.0. The standard InChI is InChI=1S/C17H15FO4/c1-21-17(20)15-9-22-8-14-12(15)6-7-13(14)16(19)10-2-4-11(18)5-3-10/h2-5,7,9,12,14H,6,8H2,1H3. The number of ether oxygens (including phenoxy) is 2. The van der Waals surface area contributed by atoms with E-state index in [1.807, 2.05) is 6.08 Å². The van der Waals surface area contributed by atoms with Crippen LogP contribution in [0.2, 0.25) is 0 Å². The minimum atomic E-state index is -0.432. The number of halogens is 1. The number of hydrogen-bond donors (Lipinski definition) is 0. The molecule has 2 atom stereocenters. The van der Waals surface area contributed by atoms with Crippen LogP contribution in [0.4, 0.5) is 4.39 Å². The van der Waals surface area contributed by atoms with Crippen molar-refractivity contribution in [1.82, 2.24) is 0 Å². The van der Waals surface area contributed by atoms with E-state index in [2.05, 4.69) is 0 Å².